The van der Waals surface area contributed by atoms with Crippen LogP contribution in [0.3, 0.4) is 0 Å². The van der Waals surface area contributed by atoms with Crippen LogP contribution < -0.4 is 5.32 Å². The van der Waals surface area contributed by atoms with Gasteiger partial charge in [0, 0.05) is 9.86 Å². The summed E-state index contributed by atoms with van der Waals surface area (Å²) >= 11 is 3.47. The van der Waals surface area contributed by atoms with Gasteiger partial charge in [-0.05, 0) is 45.0 Å². The normalized spacial score (nSPS) is 14.5. The highest BCUT2D eigenvalue weighted by Crippen LogP contribution is 2.27. The minimum absolute atomic E-state index is 0.0219. The van der Waals surface area contributed by atoms with E-state index in [9.17, 15) is 0 Å². The lowest BCUT2D eigenvalue weighted by Crippen LogP contribution is -2.22. The van der Waals surface area contributed by atoms with Gasteiger partial charge in [-0.2, -0.15) is 0 Å². The maximum absolute atomic E-state index is 5.89. The molecular formula is C16H17BrN2O2. The fraction of sp³-hybridized carbons (Fsp3) is 0.312. The van der Waals surface area contributed by atoms with E-state index < -0.39 is 0 Å². The molecule has 5 heteroatoms. The summed E-state index contributed by atoms with van der Waals surface area (Å²) in [6.45, 7) is 5.99. The first-order valence-electron chi connectivity index (χ1n) is 6.90. The average molecular weight is 349 g/mol. The zero-order valence-corrected chi connectivity index (χ0v) is 13.8. The monoisotopic (exact) mass is 348 g/mol. The number of furan rings is 1. The van der Waals surface area contributed by atoms with E-state index in [0.717, 1.165) is 27.0 Å². The van der Waals surface area contributed by atoms with E-state index in [4.69, 9.17) is 8.83 Å². The number of nitrogens with zero attached hydrogens (tertiary/aromatic N) is 1. The van der Waals surface area contributed by atoms with E-state index in [1.807, 2.05) is 26.0 Å². The molecule has 0 spiro atoms. The highest BCUT2D eigenvalue weighted by Gasteiger charge is 2.18. The summed E-state index contributed by atoms with van der Waals surface area (Å²) in [6, 6.07) is 8.15. The van der Waals surface area contributed by atoms with Crippen LogP contribution in [0.1, 0.15) is 43.3 Å². The van der Waals surface area contributed by atoms with Crippen molar-refractivity contribution in [2.75, 3.05) is 0 Å². The Morgan fingerprint density at radius 1 is 1.14 bits per heavy atom. The van der Waals surface area contributed by atoms with Gasteiger partial charge >= 0.3 is 0 Å². The van der Waals surface area contributed by atoms with Crippen molar-refractivity contribution in [3.05, 3.63) is 52.3 Å². The summed E-state index contributed by atoms with van der Waals surface area (Å²) in [5.74, 6) is 2.41. The van der Waals surface area contributed by atoms with Crippen molar-refractivity contribution in [3.63, 3.8) is 0 Å². The van der Waals surface area contributed by atoms with E-state index >= 15 is 0 Å². The Bertz CT molecular complexity index is 763. The lowest BCUT2D eigenvalue weighted by molar-refractivity contribution is 0.358. The van der Waals surface area contributed by atoms with E-state index in [-0.39, 0.29) is 12.1 Å². The lowest BCUT2D eigenvalue weighted by Gasteiger charge is -2.15. The van der Waals surface area contributed by atoms with Crippen LogP contribution in [0.4, 0.5) is 0 Å². The lowest BCUT2D eigenvalue weighted by atomic mass is 10.2. The van der Waals surface area contributed by atoms with E-state index in [1.165, 1.54) is 0 Å². The highest BCUT2D eigenvalue weighted by molar-refractivity contribution is 9.10. The second-order valence-electron chi connectivity index (χ2n) is 5.25. The molecule has 0 bridgehead atoms. The first-order valence-corrected chi connectivity index (χ1v) is 7.69. The quantitative estimate of drug-likeness (QED) is 0.728. The Morgan fingerprint density at radius 3 is 2.67 bits per heavy atom. The molecule has 0 amide bonds. The predicted molar refractivity (Wildman–Crippen MR) is 85.1 cm³/mol. The zero-order chi connectivity index (χ0) is 15.0. The third-order valence-electron chi connectivity index (χ3n) is 3.43. The number of aromatic nitrogens is 1. The van der Waals surface area contributed by atoms with E-state index in [2.05, 4.69) is 45.3 Å². The van der Waals surface area contributed by atoms with Crippen LogP contribution in [0, 0.1) is 6.92 Å². The number of benzene rings is 1. The van der Waals surface area contributed by atoms with Crippen LogP contribution in [0.15, 0.2) is 43.8 Å². The van der Waals surface area contributed by atoms with E-state index in [0.29, 0.717) is 5.89 Å². The largest absolute Gasteiger partial charge is 0.459 e. The van der Waals surface area contributed by atoms with E-state index in [1.54, 1.807) is 6.20 Å². The topological polar surface area (TPSA) is 51.2 Å². The molecule has 1 aromatic carbocycles. The van der Waals surface area contributed by atoms with Gasteiger partial charge in [-0.1, -0.05) is 15.9 Å². The Labute approximate surface area is 131 Å². The zero-order valence-electron chi connectivity index (χ0n) is 12.2. The van der Waals surface area contributed by atoms with Gasteiger partial charge in [0.25, 0.3) is 0 Å². The fourth-order valence-electron chi connectivity index (χ4n) is 2.35. The molecule has 0 radical (unpaired) electrons. The molecule has 2 atom stereocenters. The minimum Gasteiger partial charge on any atom is -0.459 e. The second-order valence-corrected chi connectivity index (χ2v) is 6.17. The standard InChI is InChI=1S/C16H17BrN2O2/c1-9-8-18-16(20-9)11(3)19-10(2)15-7-12-6-13(17)4-5-14(12)21-15/h4-8,10-11,19H,1-3H3. The molecule has 2 unspecified atom stereocenters. The summed E-state index contributed by atoms with van der Waals surface area (Å²) in [6.07, 6.45) is 1.73. The molecule has 0 saturated heterocycles. The first kappa shape index (κ1) is 14.4. The smallest absolute Gasteiger partial charge is 0.211 e. The van der Waals surface area contributed by atoms with Crippen LogP contribution in [-0.2, 0) is 0 Å². The molecule has 3 rings (SSSR count). The molecule has 1 N–H and O–H groups in total. The maximum Gasteiger partial charge on any atom is 0.211 e. The molecule has 21 heavy (non-hydrogen) atoms. The van der Waals surface area contributed by atoms with Crippen LogP contribution in [0.25, 0.3) is 11.0 Å². The van der Waals surface area contributed by atoms with Gasteiger partial charge in [0.05, 0.1) is 18.3 Å². The molecule has 0 aliphatic rings. The van der Waals surface area contributed by atoms with Gasteiger partial charge in [-0.25, -0.2) is 4.98 Å². The average Bonchev–Trinajstić information content (AvgIpc) is 3.04. The Kier molecular flexibility index (Phi) is 3.87. The molecule has 0 aliphatic heterocycles. The van der Waals surface area contributed by atoms with Gasteiger partial charge in [-0.3, -0.25) is 5.32 Å². The van der Waals surface area contributed by atoms with Crippen molar-refractivity contribution in [2.45, 2.75) is 32.9 Å². The first-order chi connectivity index (χ1) is 10.0. The Balaban J connectivity index is 1.78. The molecule has 0 aliphatic carbocycles. The number of oxazole rings is 1. The second kappa shape index (κ2) is 5.66. The van der Waals surface area contributed by atoms with Crippen molar-refractivity contribution in [2.24, 2.45) is 0 Å². The maximum atomic E-state index is 5.89. The number of aryl methyl sites for hydroxylation is 1. The molecule has 3 aromatic rings. The summed E-state index contributed by atoms with van der Waals surface area (Å²) < 4.78 is 12.5. The summed E-state index contributed by atoms with van der Waals surface area (Å²) in [4.78, 5) is 4.25. The van der Waals surface area contributed by atoms with Crippen molar-refractivity contribution < 1.29 is 8.83 Å². The third kappa shape index (κ3) is 3.04. The van der Waals surface area contributed by atoms with Gasteiger partial charge in [0.2, 0.25) is 5.89 Å². The number of nitrogens with one attached hydrogen (secondary N) is 1. The van der Waals surface area contributed by atoms with Gasteiger partial charge in [0.15, 0.2) is 0 Å². The molecule has 4 nitrogen and oxygen atoms in total. The SMILES string of the molecule is Cc1cnc(C(C)NC(C)c2cc3cc(Br)ccc3o2)o1. The van der Waals surface area contributed by atoms with Gasteiger partial charge in [-0.15, -0.1) is 0 Å². The van der Waals surface area contributed by atoms with Crippen molar-refractivity contribution in [1.82, 2.24) is 10.3 Å². The molecule has 2 heterocycles. The summed E-state index contributed by atoms with van der Waals surface area (Å²) in [5, 5.41) is 4.53. The number of hydrogen-bond donors (Lipinski definition) is 1. The van der Waals surface area contributed by atoms with Crippen LogP contribution in [0.5, 0.6) is 0 Å². The van der Waals surface area contributed by atoms with Crippen LogP contribution in [-0.4, -0.2) is 4.98 Å². The van der Waals surface area contributed by atoms with Crippen LogP contribution in [0.2, 0.25) is 0 Å². The van der Waals surface area contributed by atoms with Gasteiger partial charge < -0.3 is 8.83 Å². The van der Waals surface area contributed by atoms with Crippen molar-refractivity contribution in [1.29, 1.82) is 0 Å². The number of rotatable bonds is 4. The van der Waals surface area contributed by atoms with Crippen molar-refractivity contribution in [3.8, 4) is 0 Å². The summed E-state index contributed by atoms with van der Waals surface area (Å²) in [7, 11) is 0. The Morgan fingerprint density at radius 2 is 1.95 bits per heavy atom. The molecular weight excluding hydrogens is 332 g/mol. The molecule has 0 saturated carbocycles. The molecule has 110 valence electrons. The fourth-order valence-corrected chi connectivity index (χ4v) is 2.73. The molecule has 2 aromatic heterocycles. The Hall–Kier alpha value is -1.59. The van der Waals surface area contributed by atoms with Crippen molar-refractivity contribution >= 4 is 26.9 Å². The third-order valence-corrected chi connectivity index (χ3v) is 3.93. The predicted octanol–water partition coefficient (Wildman–Crippen LogP) is 4.90. The molecule has 0 fully saturated rings. The number of halogens is 1. The summed E-state index contributed by atoms with van der Waals surface area (Å²) in [5.41, 5.74) is 0.890. The minimum atomic E-state index is 0.0219. The number of hydrogen-bond acceptors (Lipinski definition) is 4. The highest BCUT2D eigenvalue weighted by atomic mass is 79.9. The number of fused-ring (bicyclic) bond motifs is 1. The van der Waals surface area contributed by atoms with Crippen LogP contribution >= 0.6 is 15.9 Å². The van der Waals surface area contributed by atoms with Gasteiger partial charge in [0.1, 0.15) is 17.1 Å².